The lowest BCUT2D eigenvalue weighted by Crippen LogP contribution is -2.21. The van der Waals surface area contributed by atoms with Crippen LogP contribution in [0.1, 0.15) is 20.8 Å². The average Bonchev–Trinajstić information content (AvgIpc) is 2.25. The van der Waals surface area contributed by atoms with Gasteiger partial charge in [0.05, 0.1) is 0 Å². The molecule has 12 heavy (non-hydrogen) atoms. The molecule has 1 rings (SSSR count). The Hall–Kier alpha value is -0.600. The zero-order chi connectivity index (χ0) is 9.35. The van der Waals surface area contributed by atoms with Crippen molar-refractivity contribution >= 4 is 0 Å². The molecule has 1 aliphatic rings. The molecular weight excluding hydrogens is 152 g/mol. The van der Waals surface area contributed by atoms with Crippen molar-refractivity contribution in [3.8, 4) is 0 Å². The summed E-state index contributed by atoms with van der Waals surface area (Å²) in [4.78, 5) is 0. The molecule has 1 saturated heterocycles. The minimum atomic E-state index is -0.511. The van der Waals surface area contributed by atoms with Crippen LogP contribution < -0.4 is 0 Å². The summed E-state index contributed by atoms with van der Waals surface area (Å²) < 4.78 is 11.2. The van der Waals surface area contributed by atoms with Crippen molar-refractivity contribution in [3.63, 3.8) is 0 Å². The molecule has 2 heteroatoms. The fourth-order valence-corrected chi connectivity index (χ4v) is 1.34. The molecule has 0 saturated carbocycles. The average molecular weight is 168 g/mol. The smallest absolute Gasteiger partial charge is 0.164 e. The van der Waals surface area contributed by atoms with Gasteiger partial charge in [-0.05, 0) is 26.3 Å². The minimum Gasteiger partial charge on any atom is -0.340 e. The quantitative estimate of drug-likeness (QED) is 0.589. The van der Waals surface area contributed by atoms with Crippen LogP contribution in [0.3, 0.4) is 0 Å². The largest absolute Gasteiger partial charge is 0.340 e. The van der Waals surface area contributed by atoms with Gasteiger partial charge in [0.2, 0.25) is 0 Å². The van der Waals surface area contributed by atoms with Gasteiger partial charge in [-0.2, -0.15) is 0 Å². The Balaban J connectivity index is 2.76. The first-order valence-electron chi connectivity index (χ1n) is 4.10. The SMILES string of the molecule is C=CC1OC(C)(C)OC1C(=C)C. The molecular formula is C10H16O2. The Morgan fingerprint density at radius 3 is 2.33 bits per heavy atom. The molecule has 68 valence electrons. The van der Waals surface area contributed by atoms with E-state index in [0.717, 1.165) is 5.57 Å². The van der Waals surface area contributed by atoms with E-state index < -0.39 is 5.79 Å². The van der Waals surface area contributed by atoms with E-state index in [-0.39, 0.29) is 12.2 Å². The summed E-state index contributed by atoms with van der Waals surface area (Å²) in [5.74, 6) is -0.511. The Morgan fingerprint density at radius 2 is 2.00 bits per heavy atom. The topological polar surface area (TPSA) is 18.5 Å². The van der Waals surface area contributed by atoms with Crippen LogP contribution in [0.25, 0.3) is 0 Å². The van der Waals surface area contributed by atoms with Gasteiger partial charge in [-0.15, -0.1) is 6.58 Å². The second-order valence-electron chi connectivity index (χ2n) is 3.60. The molecule has 2 nitrogen and oxygen atoms in total. The number of hydrogen-bond donors (Lipinski definition) is 0. The van der Waals surface area contributed by atoms with Crippen molar-refractivity contribution in [1.29, 1.82) is 0 Å². The lowest BCUT2D eigenvalue weighted by molar-refractivity contribution is -0.139. The van der Waals surface area contributed by atoms with Crippen LogP contribution in [-0.2, 0) is 9.47 Å². The molecule has 1 fully saturated rings. The van der Waals surface area contributed by atoms with E-state index in [2.05, 4.69) is 13.2 Å². The molecule has 1 aliphatic heterocycles. The van der Waals surface area contributed by atoms with E-state index in [1.165, 1.54) is 0 Å². The lowest BCUT2D eigenvalue weighted by Gasteiger charge is -2.16. The van der Waals surface area contributed by atoms with E-state index in [1.807, 2.05) is 20.8 Å². The molecule has 0 aromatic rings. The predicted octanol–water partition coefficient (Wildman–Crippen LogP) is 2.27. The van der Waals surface area contributed by atoms with Gasteiger partial charge in [0, 0.05) is 0 Å². The van der Waals surface area contributed by atoms with Gasteiger partial charge < -0.3 is 9.47 Å². The molecule has 0 bridgehead atoms. The van der Waals surface area contributed by atoms with Gasteiger partial charge in [0.15, 0.2) is 5.79 Å². The molecule has 1 heterocycles. The normalized spacial score (nSPS) is 33.2. The Morgan fingerprint density at radius 1 is 1.42 bits per heavy atom. The fraction of sp³-hybridized carbons (Fsp3) is 0.600. The molecule has 0 aromatic carbocycles. The minimum absolute atomic E-state index is 0.0440. The van der Waals surface area contributed by atoms with Gasteiger partial charge in [-0.3, -0.25) is 0 Å². The molecule has 0 aliphatic carbocycles. The van der Waals surface area contributed by atoms with Crippen molar-refractivity contribution in [1.82, 2.24) is 0 Å². The summed E-state index contributed by atoms with van der Waals surface area (Å²) in [6, 6.07) is 0. The van der Waals surface area contributed by atoms with Gasteiger partial charge >= 0.3 is 0 Å². The molecule has 2 atom stereocenters. The summed E-state index contributed by atoms with van der Waals surface area (Å²) in [7, 11) is 0. The summed E-state index contributed by atoms with van der Waals surface area (Å²) in [5.41, 5.74) is 0.977. The Labute approximate surface area is 73.9 Å². The molecule has 0 N–H and O–H groups in total. The molecule has 2 unspecified atom stereocenters. The van der Waals surface area contributed by atoms with E-state index in [9.17, 15) is 0 Å². The second-order valence-corrected chi connectivity index (χ2v) is 3.60. The third-order valence-corrected chi connectivity index (χ3v) is 1.85. The Bertz CT molecular complexity index is 206. The van der Waals surface area contributed by atoms with Crippen LogP contribution in [0, 0.1) is 0 Å². The number of hydrogen-bond acceptors (Lipinski definition) is 2. The highest BCUT2D eigenvalue weighted by Crippen LogP contribution is 2.31. The molecule has 0 radical (unpaired) electrons. The zero-order valence-electron chi connectivity index (χ0n) is 7.96. The highest BCUT2D eigenvalue weighted by Gasteiger charge is 2.39. The number of rotatable bonds is 2. The van der Waals surface area contributed by atoms with E-state index >= 15 is 0 Å². The lowest BCUT2D eigenvalue weighted by atomic mass is 10.1. The second kappa shape index (κ2) is 3.04. The first-order valence-corrected chi connectivity index (χ1v) is 4.10. The van der Waals surface area contributed by atoms with E-state index in [4.69, 9.17) is 9.47 Å². The summed E-state index contributed by atoms with van der Waals surface area (Å²) >= 11 is 0. The first kappa shape index (κ1) is 9.49. The van der Waals surface area contributed by atoms with Crippen LogP contribution in [0.5, 0.6) is 0 Å². The summed E-state index contributed by atoms with van der Waals surface area (Å²) in [6.45, 7) is 13.3. The van der Waals surface area contributed by atoms with E-state index in [1.54, 1.807) is 6.08 Å². The maximum Gasteiger partial charge on any atom is 0.164 e. The fourth-order valence-electron chi connectivity index (χ4n) is 1.34. The highest BCUT2D eigenvalue weighted by atomic mass is 16.7. The van der Waals surface area contributed by atoms with Crippen LogP contribution in [0.4, 0.5) is 0 Å². The van der Waals surface area contributed by atoms with Crippen molar-refractivity contribution in [3.05, 3.63) is 24.8 Å². The summed E-state index contributed by atoms with van der Waals surface area (Å²) in [6.07, 6.45) is 1.66. The van der Waals surface area contributed by atoms with Crippen molar-refractivity contribution in [2.24, 2.45) is 0 Å². The third-order valence-electron chi connectivity index (χ3n) is 1.85. The van der Waals surface area contributed by atoms with Crippen LogP contribution in [-0.4, -0.2) is 18.0 Å². The van der Waals surface area contributed by atoms with Gasteiger partial charge in [0.1, 0.15) is 12.2 Å². The van der Waals surface area contributed by atoms with E-state index in [0.29, 0.717) is 0 Å². The van der Waals surface area contributed by atoms with Crippen molar-refractivity contribution in [2.45, 2.75) is 38.8 Å². The van der Waals surface area contributed by atoms with Crippen LogP contribution in [0.2, 0.25) is 0 Å². The maximum absolute atomic E-state index is 5.62. The highest BCUT2D eigenvalue weighted by molar-refractivity contribution is 5.09. The zero-order valence-corrected chi connectivity index (χ0v) is 7.96. The first-order chi connectivity index (χ1) is 5.46. The van der Waals surface area contributed by atoms with Gasteiger partial charge in [-0.1, -0.05) is 12.7 Å². The molecule has 0 aromatic heterocycles. The maximum atomic E-state index is 5.62. The van der Waals surface area contributed by atoms with Gasteiger partial charge in [-0.25, -0.2) is 0 Å². The number of ether oxygens (including phenoxy) is 2. The summed E-state index contributed by atoms with van der Waals surface area (Å²) in [5, 5.41) is 0. The van der Waals surface area contributed by atoms with Gasteiger partial charge in [0.25, 0.3) is 0 Å². The van der Waals surface area contributed by atoms with Crippen molar-refractivity contribution < 1.29 is 9.47 Å². The Kier molecular flexibility index (Phi) is 2.40. The van der Waals surface area contributed by atoms with Crippen molar-refractivity contribution in [2.75, 3.05) is 0 Å². The molecule has 0 spiro atoms. The monoisotopic (exact) mass is 168 g/mol. The van der Waals surface area contributed by atoms with Crippen LogP contribution >= 0.6 is 0 Å². The standard InChI is InChI=1S/C10H16O2/c1-6-8-9(7(2)3)12-10(4,5)11-8/h6,8-9H,1-2H2,3-5H3. The third kappa shape index (κ3) is 1.76. The molecule has 0 amide bonds. The predicted molar refractivity (Wildman–Crippen MR) is 48.8 cm³/mol. The van der Waals surface area contributed by atoms with Crippen LogP contribution in [0.15, 0.2) is 24.8 Å².